The Labute approximate surface area is 148 Å². The first-order valence-corrected chi connectivity index (χ1v) is 8.55. The third-order valence-electron chi connectivity index (χ3n) is 4.79. The zero-order chi connectivity index (χ0) is 17.3. The van der Waals surface area contributed by atoms with Gasteiger partial charge >= 0.3 is 0 Å². The van der Waals surface area contributed by atoms with Crippen molar-refractivity contribution < 1.29 is 4.74 Å². The summed E-state index contributed by atoms with van der Waals surface area (Å²) < 4.78 is 7.55. The lowest BCUT2D eigenvalue weighted by Crippen LogP contribution is -2.25. The first-order chi connectivity index (χ1) is 11.5. The molecule has 0 amide bonds. The quantitative estimate of drug-likeness (QED) is 0.845. The van der Waals surface area contributed by atoms with Gasteiger partial charge < -0.3 is 19.5 Å². The van der Waals surface area contributed by atoms with E-state index in [0.717, 1.165) is 17.4 Å². The standard InChI is InChI=1S/C18H24N4OS/c1-12-11-14(13(2)22(12)9-10-23-4)17-16(20-18(24)21(17)3)15-7-5-6-8-19-15/h5-8,11,16-17H,9-10H2,1-4H3,(H,20,24). The first kappa shape index (κ1) is 16.9. The maximum atomic E-state index is 5.51. The number of hydrogen-bond donors (Lipinski definition) is 1. The molecule has 0 aromatic carbocycles. The van der Waals surface area contributed by atoms with Gasteiger partial charge in [0.15, 0.2) is 5.11 Å². The molecule has 128 valence electrons. The summed E-state index contributed by atoms with van der Waals surface area (Å²) in [6.45, 7) is 5.87. The smallest absolute Gasteiger partial charge is 0.169 e. The fourth-order valence-corrected chi connectivity index (χ4v) is 3.74. The molecule has 2 aromatic rings. The Hall–Kier alpha value is -1.92. The minimum absolute atomic E-state index is 0.0556. The number of nitrogens with zero attached hydrogens (tertiary/aromatic N) is 3. The van der Waals surface area contributed by atoms with Crippen molar-refractivity contribution in [1.29, 1.82) is 0 Å². The summed E-state index contributed by atoms with van der Waals surface area (Å²) in [4.78, 5) is 6.67. The molecule has 3 heterocycles. The number of thiocarbonyl (C=S) groups is 1. The van der Waals surface area contributed by atoms with Crippen LogP contribution in [0.2, 0.25) is 0 Å². The van der Waals surface area contributed by atoms with Crippen LogP contribution in [0.15, 0.2) is 30.5 Å². The molecular formula is C18H24N4OS. The fraction of sp³-hybridized carbons (Fsp3) is 0.444. The molecule has 1 aliphatic heterocycles. The summed E-state index contributed by atoms with van der Waals surface area (Å²) >= 11 is 5.51. The molecule has 0 bridgehead atoms. The van der Waals surface area contributed by atoms with Crippen LogP contribution in [0.1, 0.15) is 34.7 Å². The molecule has 0 spiro atoms. The SMILES string of the molecule is COCCn1c(C)cc(C2C(c3ccccn3)NC(=S)N2C)c1C. The Morgan fingerprint density at radius 2 is 2.12 bits per heavy atom. The number of likely N-dealkylation sites (N-methyl/N-ethyl adjacent to an activating group) is 1. The maximum Gasteiger partial charge on any atom is 0.169 e. The van der Waals surface area contributed by atoms with E-state index in [-0.39, 0.29) is 12.1 Å². The van der Waals surface area contributed by atoms with Crippen LogP contribution >= 0.6 is 12.2 Å². The van der Waals surface area contributed by atoms with E-state index in [1.807, 2.05) is 25.4 Å². The molecule has 2 aromatic heterocycles. The van der Waals surface area contributed by atoms with Crippen molar-refractivity contribution in [3.63, 3.8) is 0 Å². The van der Waals surface area contributed by atoms with Crippen LogP contribution in [0.4, 0.5) is 0 Å². The second kappa shape index (κ2) is 6.91. The van der Waals surface area contributed by atoms with E-state index >= 15 is 0 Å². The molecule has 2 atom stereocenters. The van der Waals surface area contributed by atoms with Gasteiger partial charge in [-0.25, -0.2) is 0 Å². The second-order valence-electron chi connectivity index (χ2n) is 6.21. The lowest BCUT2D eigenvalue weighted by atomic mass is 9.97. The highest BCUT2D eigenvalue weighted by molar-refractivity contribution is 7.80. The summed E-state index contributed by atoms with van der Waals surface area (Å²) in [6, 6.07) is 8.46. The first-order valence-electron chi connectivity index (χ1n) is 8.14. The number of aryl methyl sites for hydroxylation is 1. The number of rotatable bonds is 5. The van der Waals surface area contributed by atoms with Crippen LogP contribution < -0.4 is 5.32 Å². The van der Waals surface area contributed by atoms with Crippen molar-refractivity contribution in [2.45, 2.75) is 32.5 Å². The lowest BCUT2D eigenvalue weighted by Gasteiger charge is -2.24. The summed E-state index contributed by atoms with van der Waals surface area (Å²) in [7, 11) is 3.78. The van der Waals surface area contributed by atoms with Gasteiger partial charge in [0.25, 0.3) is 0 Å². The van der Waals surface area contributed by atoms with Crippen molar-refractivity contribution >= 4 is 17.3 Å². The van der Waals surface area contributed by atoms with E-state index in [1.165, 1.54) is 17.0 Å². The number of nitrogens with one attached hydrogen (secondary N) is 1. The predicted molar refractivity (Wildman–Crippen MR) is 99.0 cm³/mol. The van der Waals surface area contributed by atoms with E-state index in [9.17, 15) is 0 Å². The average molecular weight is 344 g/mol. The Bertz CT molecular complexity index is 728. The zero-order valence-corrected chi connectivity index (χ0v) is 15.4. The van der Waals surface area contributed by atoms with Crippen molar-refractivity contribution in [3.8, 4) is 0 Å². The summed E-state index contributed by atoms with van der Waals surface area (Å²) in [6.07, 6.45) is 1.83. The van der Waals surface area contributed by atoms with E-state index in [4.69, 9.17) is 17.0 Å². The van der Waals surface area contributed by atoms with E-state index in [2.05, 4.69) is 45.7 Å². The van der Waals surface area contributed by atoms with Crippen LogP contribution in [-0.4, -0.2) is 40.3 Å². The Balaban J connectivity index is 2.01. The molecule has 2 unspecified atom stereocenters. The molecule has 0 saturated carbocycles. The van der Waals surface area contributed by atoms with Gasteiger partial charge in [-0.15, -0.1) is 0 Å². The van der Waals surface area contributed by atoms with Crippen molar-refractivity contribution in [1.82, 2.24) is 19.8 Å². The molecule has 3 rings (SSSR count). The maximum absolute atomic E-state index is 5.51. The summed E-state index contributed by atoms with van der Waals surface area (Å²) in [5.41, 5.74) is 4.80. The minimum Gasteiger partial charge on any atom is -0.383 e. The third-order valence-corrected chi connectivity index (χ3v) is 5.20. The monoisotopic (exact) mass is 344 g/mol. The van der Waals surface area contributed by atoms with Crippen LogP contribution in [-0.2, 0) is 11.3 Å². The lowest BCUT2D eigenvalue weighted by molar-refractivity contribution is 0.186. The second-order valence-corrected chi connectivity index (χ2v) is 6.60. The van der Waals surface area contributed by atoms with Gasteiger partial charge in [-0.3, -0.25) is 4.98 Å². The van der Waals surface area contributed by atoms with Crippen LogP contribution in [0, 0.1) is 13.8 Å². The molecule has 1 N–H and O–H groups in total. The number of pyridine rings is 1. The molecule has 24 heavy (non-hydrogen) atoms. The fourth-order valence-electron chi connectivity index (χ4n) is 3.50. The summed E-state index contributed by atoms with van der Waals surface area (Å²) in [5.74, 6) is 0. The largest absolute Gasteiger partial charge is 0.383 e. The number of hydrogen-bond acceptors (Lipinski definition) is 3. The van der Waals surface area contributed by atoms with Crippen molar-refractivity contribution in [3.05, 3.63) is 53.1 Å². The van der Waals surface area contributed by atoms with Crippen molar-refractivity contribution in [2.24, 2.45) is 0 Å². The Morgan fingerprint density at radius 1 is 1.33 bits per heavy atom. The highest BCUT2D eigenvalue weighted by atomic mass is 32.1. The van der Waals surface area contributed by atoms with Crippen LogP contribution in [0.25, 0.3) is 0 Å². The molecule has 1 fully saturated rings. The van der Waals surface area contributed by atoms with E-state index < -0.39 is 0 Å². The average Bonchev–Trinajstić information content (AvgIpc) is 3.03. The molecule has 1 saturated heterocycles. The highest BCUT2D eigenvalue weighted by Crippen LogP contribution is 2.39. The van der Waals surface area contributed by atoms with Crippen LogP contribution in [0.5, 0.6) is 0 Å². The molecule has 6 heteroatoms. The van der Waals surface area contributed by atoms with Gasteiger partial charge in [-0.05, 0) is 49.8 Å². The minimum atomic E-state index is 0.0556. The van der Waals surface area contributed by atoms with Gasteiger partial charge in [0.05, 0.1) is 24.4 Å². The zero-order valence-electron chi connectivity index (χ0n) is 14.6. The highest BCUT2D eigenvalue weighted by Gasteiger charge is 2.39. The van der Waals surface area contributed by atoms with Gasteiger partial charge in [-0.1, -0.05) is 6.07 Å². The molecule has 1 aliphatic rings. The number of aromatic nitrogens is 2. The Kier molecular flexibility index (Phi) is 4.87. The van der Waals surface area contributed by atoms with Crippen molar-refractivity contribution in [2.75, 3.05) is 20.8 Å². The predicted octanol–water partition coefficient (Wildman–Crippen LogP) is 2.75. The van der Waals surface area contributed by atoms with Crippen LogP contribution in [0.3, 0.4) is 0 Å². The molecular weight excluding hydrogens is 320 g/mol. The normalized spacial score (nSPS) is 20.5. The number of ether oxygens (including phenoxy) is 1. The third kappa shape index (κ3) is 2.91. The molecule has 0 aliphatic carbocycles. The van der Waals surface area contributed by atoms with E-state index in [1.54, 1.807) is 7.11 Å². The van der Waals surface area contributed by atoms with Gasteiger partial charge in [0.2, 0.25) is 0 Å². The molecule has 0 radical (unpaired) electrons. The Morgan fingerprint density at radius 3 is 2.79 bits per heavy atom. The van der Waals surface area contributed by atoms with Gasteiger partial charge in [0, 0.05) is 38.3 Å². The topological polar surface area (TPSA) is 42.3 Å². The summed E-state index contributed by atoms with van der Waals surface area (Å²) in [5, 5.41) is 4.19. The van der Waals surface area contributed by atoms with Gasteiger partial charge in [0.1, 0.15) is 0 Å². The van der Waals surface area contributed by atoms with Gasteiger partial charge in [-0.2, -0.15) is 0 Å². The molecule has 5 nitrogen and oxygen atoms in total. The number of methoxy groups -OCH3 is 1. The van der Waals surface area contributed by atoms with E-state index in [0.29, 0.717) is 6.61 Å².